The van der Waals surface area contributed by atoms with E-state index in [9.17, 15) is 9.59 Å². The SMILES string of the molecule is CCCc1ccc(C(=O)O)c(C(=O)O)c1CC. The highest BCUT2D eigenvalue weighted by atomic mass is 16.4. The van der Waals surface area contributed by atoms with Crippen LogP contribution in [0.2, 0.25) is 0 Å². The van der Waals surface area contributed by atoms with Crippen LogP contribution in [-0.4, -0.2) is 22.2 Å². The van der Waals surface area contributed by atoms with Crippen molar-refractivity contribution in [2.24, 2.45) is 0 Å². The Morgan fingerprint density at radius 1 is 1.12 bits per heavy atom. The molecule has 0 atom stereocenters. The van der Waals surface area contributed by atoms with Crippen molar-refractivity contribution in [1.82, 2.24) is 0 Å². The van der Waals surface area contributed by atoms with Crippen molar-refractivity contribution in [3.63, 3.8) is 0 Å². The zero-order valence-electron chi connectivity index (χ0n) is 9.99. The Kier molecular flexibility index (Phi) is 4.26. The molecule has 0 saturated carbocycles. The minimum atomic E-state index is -1.19. The minimum absolute atomic E-state index is 0.0639. The lowest BCUT2D eigenvalue weighted by molar-refractivity contribution is 0.0650. The molecule has 0 aliphatic heterocycles. The third kappa shape index (κ3) is 2.64. The van der Waals surface area contributed by atoms with E-state index in [2.05, 4.69) is 0 Å². The molecule has 0 bridgehead atoms. The molecule has 0 amide bonds. The molecule has 0 radical (unpaired) electrons. The Hall–Kier alpha value is -1.84. The molecule has 1 aromatic rings. The Morgan fingerprint density at radius 2 is 1.76 bits per heavy atom. The monoisotopic (exact) mass is 236 g/mol. The molecule has 1 rings (SSSR count). The van der Waals surface area contributed by atoms with Gasteiger partial charge < -0.3 is 10.2 Å². The molecule has 0 saturated heterocycles. The van der Waals surface area contributed by atoms with E-state index < -0.39 is 11.9 Å². The fraction of sp³-hybridized carbons (Fsp3) is 0.385. The Balaban J connectivity index is 3.49. The molecule has 0 heterocycles. The van der Waals surface area contributed by atoms with Gasteiger partial charge in [0.1, 0.15) is 0 Å². The van der Waals surface area contributed by atoms with Crippen LogP contribution in [0.5, 0.6) is 0 Å². The van der Waals surface area contributed by atoms with Gasteiger partial charge in [-0.1, -0.05) is 26.3 Å². The maximum atomic E-state index is 11.2. The molecule has 0 aromatic heterocycles. The average Bonchev–Trinajstić information content (AvgIpc) is 2.28. The van der Waals surface area contributed by atoms with Crippen LogP contribution in [0.3, 0.4) is 0 Å². The van der Waals surface area contributed by atoms with Gasteiger partial charge in [-0.2, -0.15) is 0 Å². The van der Waals surface area contributed by atoms with Gasteiger partial charge in [0.15, 0.2) is 0 Å². The lowest BCUT2D eigenvalue weighted by Crippen LogP contribution is -2.13. The summed E-state index contributed by atoms with van der Waals surface area (Å²) < 4.78 is 0. The van der Waals surface area contributed by atoms with Gasteiger partial charge in [-0.3, -0.25) is 0 Å². The zero-order chi connectivity index (χ0) is 13.0. The highest BCUT2D eigenvalue weighted by Crippen LogP contribution is 2.22. The highest BCUT2D eigenvalue weighted by Gasteiger charge is 2.21. The van der Waals surface area contributed by atoms with Crippen molar-refractivity contribution in [3.8, 4) is 0 Å². The molecule has 2 N–H and O–H groups in total. The Labute approximate surface area is 99.9 Å². The fourth-order valence-electron chi connectivity index (χ4n) is 2.02. The summed E-state index contributed by atoms with van der Waals surface area (Å²) in [4.78, 5) is 22.2. The molecular formula is C13H16O4. The van der Waals surface area contributed by atoms with Crippen molar-refractivity contribution in [2.45, 2.75) is 33.1 Å². The van der Waals surface area contributed by atoms with Gasteiger partial charge in [-0.25, -0.2) is 9.59 Å². The molecular weight excluding hydrogens is 220 g/mol. The van der Waals surface area contributed by atoms with Crippen LogP contribution >= 0.6 is 0 Å². The van der Waals surface area contributed by atoms with E-state index in [-0.39, 0.29) is 11.1 Å². The number of carboxylic acids is 2. The predicted molar refractivity (Wildman–Crippen MR) is 63.7 cm³/mol. The van der Waals surface area contributed by atoms with E-state index in [1.54, 1.807) is 6.07 Å². The van der Waals surface area contributed by atoms with Crippen LogP contribution in [0.4, 0.5) is 0 Å². The van der Waals surface area contributed by atoms with Gasteiger partial charge in [0.2, 0.25) is 0 Å². The summed E-state index contributed by atoms with van der Waals surface area (Å²) in [5.74, 6) is -2.36. The van der Waals surface area contributed by atoms with Crippen LogP contribution in [0.25, 0.3) is 0 Å². The summed E-state index contributed by atoms with van der Waals surface area (Å²) >= 11 is 0. The van der Waals surface area contributed by atoms with Crippen LogP contribution in [0.15, 0.2) is 12.1 Å². The number of carboxylic acid groups (broad SMARTS) is 2. The van der Waals surface area contributed by atoms with Crippen LogP contribution < -0.4 is 0 Å². The van der Waals surface area contributed by atoms with Crippen LogP contribution in [0, 0.1) is 0 Å². The summed E-state index contributed by atoms with van der Waals surface area (Å²) in [7, 11) is 0. The van der Waals surface area contributed by atoms with Crippen LogP contribution in [0.1, 0.15) is 52.1 Å². The summed E-state index contributed by atoms with van der Waals surface area (Å²) in [5.41, 5.74) is 1.37. The standard InChI is InChI=1S/C13H16O4/c1-3-5-8-6-7-10(12(14)15)11(13(16)17)9(8)4-2/h6-7H,3-5H2,1-2H3,(H,14,15)(H,16,17). The summed E-state index contributed by atoms with van der Waals surface area (Å²) in [6, 6.07) is 3.11. The van der Waals surface area contributed by atoms with Gasteiger partial charge in [-0.15, -0.1) is 0 Å². The smallest absolute Gasteiger partial charge is 0.336 e. The lowest BCUT2D eigenvalue weighted by atomic mass is 9.92. The van der Waals surface area contributed by atoms with E-state index in [1.165, 1.54) is 6.07 Å². The van der Waals surface area contributed by atoms with Crippen molar-refractivity contribution in [2.75, 3.05) is 0 Å². The molecule has 0 fully saturated rings. The average molecular weight is 236 g/mol. The van der Waals surface area contributed by atoms with Crippen molar-refractivity contribution < 1.29 is 19.8 Å². The molecule has 0 spiro atoms. The molecule has 4 nitrogen and oxygen atoms in total. The number of hydrogen-bond donors (Lipinski definition) is 2. The summed E-state index contributed by atoms with van der Waals surface area (Å²) in [6.45, 7) is 3.84. The topological polar surface area (TPSA) is 74.6 Å². The largest absolute Gasteiger partial charge is 0.478 e. The number of carbonyl (C=O) groups is 2. The maximum Gasteiger partial charge on any atom is 0.336 e. The first kappa shape index (κ1) is 13.2. The van der Waals surface area contributed by atoms with Gasteiger partial charge in [-0.05, 0) is 30.0 Å². The summed E-state index contributed by atoms with van der Waals surface area (Å²) in [5, 5.41) is 18.1. The van der Waals surface area contributed by atoms with Crippen molar-refractivity contribution >= 4 is 11.9 Å². The normalized spacial score (nSPS) is 10.2. The van der Waals surface area contributed by atoms with Crippen molar-refractivity contribution in [3.05, 3.63) is 34.4 Å². The first-order valence-corrected chi connectivity index (χ1v) is 5.64. The minimum Gasteiger partial charge on any atom is -0.478 e. The Bertz CT molecular complexity index is 449. The molecule has 0 aliphatic rings. The number of aromatic carboxylic acids is 2. The number of hydrogen-bond acceptors (Lipinski definition) is 2. The second kappa shape index (κ2) is 5.48. The molecule has 0 aliphatic carbocycles. The molecule has 92 valence electrons. The van der Waals surface area contributed by atoms with E-state index >= 15 is 0 Å². The zero-order valence-corrected chi connectivity index (χ0v) is 9.99. The third-order valence-corrected chi connectivity index (χ3v) is 2.73. The number of aryl methyl sites for hydroxylation is 1. The molecule has 4 heteroatoms. The second-order valence-electron chi connectivity index (χ2n) is 3.84. The van der Waals surface area contributed by atoms with E-state index in [1.807, 2.05) is 13.8 Å². The van der Waals surface area contributed by atoms with Gasteiger partial charge >= 0.3 is 11.9 Å². The van der Waals surface area contributed by atoms with Gasteiger partial charge in [0.25, 0.3) is 0 Å². The van der Waals surface area contributed by atoms with E-state index in [0.717, 1.165) is 18.4 Å². The third-order valence-electron chi connectivity index (χ3n) is 2.73. The maximum absolute atomic E-state index is 11.2. The number of rotatable bonds is 5. The fourth-order valence-corrected chi connectivity index (χ4v) is 2.02. The number of benzene rings is 1. The van der Waals surface area contributed by atoms with E-state index in [0.29, 0.717) is 12.0 Å². The Morgan fingerprint density at radius 3 is 2.18 bits per heavy atom. The predicted octanol–water partition coefficient (Wildman–Crippen LogP) is 2.60. The quantitative estimate of drug-likeness (QED) is 0.824. The lowest BCUT2D eigenvalue weighted by Gasteiger charge is -2.12. The molecule has 1 aromatic carbocycles. The first-order chi connectivity index (χ1) is 8.02. The second-order valence-corrected chi connectivity index (χ2v) is 3.84. The van der Waals surface area contributed by atoms with E-state index in [4.69, 9.17) is 10.2 Å². The van der Waals surface area contributed by atoms with Crippen molar-refractivity contribution in [1.29, 1.82) is 0 Å². The van der Waals surface area contributed by atoms with Crippen LogP contribution in [-0.2, 0) is 12.8 Å². The molecule has 0 unspecified atom stereocenters. The highest BCUT2D eigenvalue weighted by molar-refractivity contribution is 6.03. The first-order valence-electron chi connectivity index (χ1n) is 5.64. The van der Waals surface area contributed by atoms with Gasteiger partial charge in [0, 0.05) is 0 Å². The molecule has 17 heavy (non-hydrogen) atoms. The summed E-state index contributed by atoms with van der Waals surface area (Å²) in [6.07, 6.45) is 2.19. The van der Waals surface area contributed by atoms with Gasteiger partial charge in [0.05, 0.1) is 11.1 Å².